The third kappa shape index (κ3) is 0.816. The van der Waals surface area contributed by atoms with Crippen LogP contribution in [0.1, 0.15) is 13.3 Å². The summed E-state index contributed by atoms with van der Waals surface area (Å²) >= 11 is 0. The average molecular weight is 136 g/mol. The van der Waals surface area contributed by atoms with Gasteiger partial charge >= 0.3 is 0 Å². The molecule has 0 aromatic heterocycles. The average Bonchev–Trinajstić information content (AvgIpc) is 2.48. The van der Waals surface area contributed by atoms with Crippen molar-refractivity contribution >= 4 is 0 Å². The Labute approximate surface area is 61.4 Å². The van der Waals surface area contributed by atoms with Crippen LogP contribution in [0.5, 0.6) is 0 Å². The van der Waals surface area contributed by atoms with Crippen LogP contribution in [0.25, 0.3) is 0 Å². The number of ether oxygens (including phenoxy) is 1. The summed E-state index contributed by atoms with van der Waals surface area (Å²) < 4.78 is 5.63. The highest BCUT2D eigenvalue weighted by atomic mass is 16.5. The molecule has 0 amide bonds. The lowest BCUT2D eigenvalue weighted by Gasteiger charge is -2.13. The van der Waals surface area contributed by atoms with E-state index in [1.807, 2.05) is 6.92 Å². The van der Waals surface area contributed by atoms with E-state index in [9.17, 15) is 0 Å². The lowest BCUT2D eigenvalue weighted by atomic mass is 10.0. The molecule has 0 aromatic rings. The molecule has 3 unspecified atom stereocenters. The lowest BCUT2D eigenvalue weighted by molar-refractivity contribution is 0.0864. The number of rotatable bonds is 1. The van der Waals surface area contributed by atoms with E-state index < -0.39 is 0 Å². The molecule has 54 valence electrons. The minimum atomic E-state index is 0.375. The molecule has 1 saturated heterocycles. The summed E-state index contributed by atoms with van der Waals surface area (Å²) in [6.45, 7) is 2.04. The molecule has 0 spiro atoms. The van der Waals surface area contributed by atoms with Gasteiger partial charge in [-0.15, -0.1) is 0 Å². The van der Waals surface area contributed by atoms with Crippen molar-refractivity contribution < 1.29 is 4.74 Å². The monoisotopic (exact) mass is 136 g/mol. The number of hydrogen-bond acceptors (Lipinski definition) is 1. The van der Waals surface area contributed by atoms with Gasteiger partial charge in [0, 0.05) is 5.92 Å². The standard InChI is InChI=1S/C9H12O/c1-2-3-9-7-4-5-8(6-7)10-9/h2-5,7-9H,6H2,1H3. The third-order valence-electron chi connectivity index (χ3n) is 2.21. The first-order chi connectivity index (χ1) is 4.90. The van der Waals surface area contributed by atoms with Gasteiger partial charge in [-0.05, 0) is 13.3 Å². The van der Waals surface area contributed by atoms with E-state index in [0.717, 1.165) is 0 Å². The fourth-order valence-corrected chi connectivity index (χ4v) is 1.72. The molecule has 0 aromatic carbocycles. The summed E-state index contributed by atoms with van der Waals surface area (Å²) in [5.41, 5.74) is 0. The predicted molar refractivity (Wildman–Crippen MR) is 40.7 cm³/mol. The van der Waals surface area contributed by atoms with Crippen LogP contribution in [0.3, 0.4) is 0 Å². The van der Waals surface area contributed by atoms with Crippen LogP contribution in [-0.4, -0.2) is 12.2 Å². The minimum Gasteiger partial charge on any atom is -0.366 e. The molecule has 1 heterocycles. The lowest BCUT2D eigenvalue weighted by Crippen LogP contribution is -2.14. The second kappa shape index (κ2) is 2.24. The van der Waals surface area contributed by atoms with Crippen LogP contribution in [-0.2, 0) is 4.74 Å². The molecular formula is C9H12O. The Morgan fingerprint density at radius 1 is 1.50 bits per heavy atom. The first-order valence-corrected chi connectivity index (χ1v) is 3.87. The molecule has 0 saturated carbocycles. The van der Waals surface area contributed by atoms with Crippen LogP contribution in [0, 0.1) is 5.92 Å². The van der Waals surface area contributed by atoms with Gasteiger partial charge < -0.3 is 4.74 Å². The van der Waals surface area contributed by atoms with E-state index in [2.05, 4.69) is 24.3 Å². The smallest absolute Gasteiger partial charge is 0.0827 e. The molecule has 1 heteroatoms. The second-order valence-corrected chi connectivity index (χ2v) is 2.95. The van der Waals surface area contributed by atoms with Crippen molar-refractivity contribution in [2.24, 2.45) is 5.92 Å². The largest absolute Gasteiger partial charge is 0.366 e. The Hall–Kier alpha value is -0.560. The van der Waals surface area contributed by atoms with E-state index >= 15 is 0 Å². The first kappa shape index (κ1) is 6.17. The normalized spacial score (nSPS) is 43.9. The highest BCUT2D eigenvalue weighted by Crippen LogP contribution is 2.34. The molecular weight excluding hydrogens is 124 g/mol. The highest BCUT2D eigenvalue weighted by molar-refractivity contribution is 5.14. The second-order valence-electron chi connectivity index (χ2n) is 2.95. The summed E-state index contributed by atoms with van der Waals surface area (Å²) in [6.07, 6.45) is 10.7. The molecule has 2 rings (SSSR count). The van der Waals surface area contributed by atoms with Crippen molar-refractivity contribution in [3.63, 3.8) is 0 Å². The fourth-order valence-electron chi connectivity index (χ4n) is 1.72. The maximum atomic E-state index is 5.63. The Kier molecular flexibility index (Phi) is 1.38. The summed E-state index contributed by atoms with van der Waals surface area (Å²) in [5, 5.41) is 0. The van der Waals surface area contributed by atoms with E-state index in [-0.39, 0.29) is 0 Å². The molecule has 2 bridgehead atoms. The van der Waals surface area contributed by atoms with Crippen molar-refractivity contribution in [3.05, 3.63) is 24.3 Å². The van der Waals surface area contributed by atoms with Gasteiger partial charge in [-0.25, -0.2) is 0 Å². The van der Waals surface area contributed by atoms with Gasteiger partial charge in [0.1, 0.15) is 0 Å². The SMILES string of the molecule is CC=CC1OC2C=CC1C2. The molecule has 0 N–H and O–H groups in total. The fraction of sp³-hybridized carbons (Fsp3) is 0.556. The van der Waals surface area contributed by atoms with Crippen molar-refractivity contribution in [1.82, 2.24) is 0 Å². The first-order valence-electron chi connectivity index (χ1n) is 3.87. The topological polar surface area (TPSA) is 9.23 Å². The van der Waals surface area contributed by atoms with Crippen LogP contribution >= 0.6 is 0 Å². The van der Waals surface area contributed by atoms with E-state index in [1.165, 1.54) is 6.42 Å². The number of hydrogen-bond donors (Lipinski definition) is 0. The number of allylic oxidation sites excluding steroid dienone is 1. The highest BCUT2D eigenvalue weighted by Gasteiger charge is 2.34. The van der Waals surface area contributed by atoms with Gasteiger partial charge in [0.05, 0.1) is 12.2 Å². The zero-order valence-corrected chi connectivity index (χ0v) is 6.16. The maximum absolute atomic E-state index is 5.63. The van der Waals surface area contributed by atoms with Gasteiger partial charge in [0.25, 0.3) is 0 Å². The minimum absolute atomic E-state index is 0.375. The summed E-state index contributed by atoms with van der Waals surface area (Å²) in [5.74, 6) is 0.668. The molecule has 0 radical (unpaired) electrons. The zero-order valence-electron chi connectivity index (χ0n) is 6.16. The Bertz CT molecular complexity index is 181. The van der Waals surface area contributed by atoms with Gasteiger partial charge in [0.15, 0.2) is 0 Å². The molecule has 2 aliphatic rings. The Morgan fingerprint density at radius 3 is 2.90 bits per heavy atom. The molecule has 3 atom stereocenters. The summed E-state index contributed by atoms with van der Waals surface area (Å²) in [7, 11) is 0. The molecule has 1 aliphatic carbocycles. The van der Waals surface area contributed by atoms with Gasteiger partial charge in [-0.3, -0.25) is 0 Å². The number of fused-ring (bicyclic) bond motifs is 2. The van der Waals surface area contributed by atoms with Gasteiger partial charge in [-0.2, -0.15) is 0 Å². The van der Waals surface area contributed by atoms with Crippen LogP contribution < -0.4 is 0 Å². The van der Waals surface area contributed by atoms with Gasteiger partial charge in [-0.1, -0.05) is 24.3 Å². The van der Waals surface area contributed by atoms with Crippen molar-refractivity contribution in [2.75, 3.05) is 0 Å². The van der Waals surface area contributed by atoms with Crippen LogP contribution in [0.2, 0.25) is 0 Å². The summed E-state index contributed by atoms with van der Waals surface area (Å²) in [4.78, 5) is 0. The van der Waals surface area contributed by atoms with Crippen molar-refractivity contribution in [2.45, 2.75) is 25.6 Å². The Morgan fingerprint density at radius 2 is 2.40 bits per heavy atom. The van der Waals surface area contributed by atoms with Crippen molar-refractivity contribution in [3.8, 4) is 0 Å². The molecule has 1 nitrogen and oxygen atoms in total. The van der Waals surface area contributed by atoms with Crippen LogP contribution in [0.4, 0.5) is 0 Å². The zero-order chi connectivity index (χ0) is 6.97. The quantitative estimate of drug-likeness (QED) is 0.500. The Balaban J connectivity index is 2.09. The van der Waals surface area contributed by atoms with Crippen molar-refractivity contribution in [1.29, 1.82) is 0 Å². The molecule has 10 heavy (non-hydrogen) atoms. The molecule has 1 fully saturated rings. The van der Waals surface area contributed by atoms with E-state index in [4.69, 9.17) is 4.74 Å². The third-order valence-corrected chi connectivity index (χ3v) is 2.21. The predicted octanol–water partition coefficient (Wildman–Crippen LogP) is 1.91. The summed E-state index contributed by atoms with van der Waals surface area (Å²) in [6, 6.07) is 0. The maximum Gasteiger partial charge on any atom is 0.0827 e. The van der Waals surface area contributed by atoms with E-state index in [1.54, 1.807) is 0 Å². The molecule has 1 aliphatic heterocycles. The van der Waals surface area contributed by atoms with Crippen LogP contribution in [0.15, 0.2) is 24.3 Å². The van der Waals surface area contributed by atoms with E-state index in [0.29, 0.717) is 18.1 Å². The van der Waals surface area contributed by atoms with Gasteiger partial charge in [0.2, 0.25) is 0 Å².